The number of benzene rings is 1. The fourth-order valence-electron chi connectivity index (χ4n) is 3.43. The summed E-state index contributed by atoms with van der Waals surface area (Å²) >= 11 is 0. The maximum absolute atomic E-state index is 12.5. The van der Waals surface area contributed by atoms with Crippen LogP contribution in [0.15, 0.2) is 28.8 Å². The predicted molar refractivity (Wildman–Crippen MR) is 122 cm³/mol. The van der Waals surface area contributed by atoms with Crippen LogP contribution < -0.4 is 10.1 Å². The van der Waals surface area contributed by atoms with E-state index in [1.807, 2.05) is 49.9 Å². The van der Waals surface area contributed by atoms with Crippen LogP contribution in [0.4, 0.5) is 4.79 Å². The smallest absolute Gasteiger partial charge is 0.407 e. The van der Waals surface area contributed by atoms with Crippen LogP contribution in [-0.2, 0) is 16.1 Å². The lowest BCUT2D eigenvalue weighted by atomic mass is 10.2. The molecule has 0 saturated carbocycles. The average Bonchev–Trinajstić information content (AvgIpc) is 3.24. The van der Waals surface area contributed by atoms with Crippen LogP contribution in [-0.4, -0.2) is 77.4 Å². The molecule has 0 aliphatic carbocycles. The normalized spacial score (nSPS) is 14.7. The summed E-state index contributed by atoms with van der Waals surface area (Å²) in [6.45, 7) is 9.18. The number of ether oxygens (including phenoxy) is 2. The number of hydrogen-bond donors (Lipinski definition) is 1. The summed E-state index contributed by atoms with van der Waals surface area (Å²) in [5.41, 5.74) is 0.334. The van der Waals surface area contributed by atoms with Crippen molar-refractivity contribution in [2.45, 2.75) is 45.8 Å². The first kappa shape index (κ1) is 24.5. The molecule has 1 aromatic carbocycles. The number of carbonyl (C=O) groups excluding carboxylic acids is 2. The SMILES string of the molecule is COc1ccc(-c2noc(CN3CCN(C(=O)CCCNC(=O)OC(C)(C)C)CC3)n2)cc1. The zero-order valence-corrected chi connectivity index (χ0v) is 19.8. The van der Waals surface area contributed by atoms with Crippen LogP contribution in [0.1, 0.15) is 39.5 Å². The molecule has 10 nitrogen and oxygen atoms in total. The van der Waals surface area contributed by atoms with Gasteiger partial charge in [0.15, 0.2) is 0 Å². The Morgan fingerprint density at radius 1 is 1.12 bits per heavy atom. The van der Waals surface area contributed by atoms with E-state index in [0.29, 0.717) is 50.7 Å². The van der Waals surface area contributed by atoms with Crippen molar-refractivity contribution in [3.8, 4) is 17.1 Å². The Morgan fingerprint density at radius 3 is 2.45 bits per heavy atom. The van der Waals surface area contributed by atoms with E-state index >= 15 is 0 Å². The van der Waals surface area contributed by atoms with Crippen LogP contribution in [0.5, 0.6) is 5.75 Å². The van der Waals surface area contributed by atoms with Crippen molar-refractivity contribution in [2.75, 3.05) is 39.8 Å². The first-order valence-corrected chi connectivity index (χ1v) is 11.2. The molecule has 0 spiro atoms. The summed E-state index contributed by atoms with van der Waals surface area (Å²) in [4.78, 5) is 32.6. The number of aromatic nitrogens is 2. The second-order valence-corrected chi connectivity index (χ2v) is 8.93. The zero-order chi connectivity index (χ0) is 23.8. The fourth-order valence-corrected chi connectivity index (χ4v) is 3.43. The van der Waals surface area contributed by atoms with Crippen molar-refractivity contribution in [1.82, 2.24) is 25.3 Å². The molecular formula is C23H33N5O5. The molecule has 0 unspecified atom stereocenters. The van der Waals surface area contributed by atoms with Crippen molar-refractivity contribution in [2.24, 2.45) is 0 Å². The Hall–Kier alpha value is -3.14. The molecule has 1 aliphatic heterocycles. The van der Waals surface area contributed by atoms with Gasteiger partial charge in [-0.3, -0.25) is 9.69 Å². The number of hydrogen-bond acceptors (Lipinski definition) is 8. The lowest BCUT2D eigenvalue weighted by Gasteiger charge is -2.34. The number of nitrogens with one attached hydrogen (secondary N) is 1. The molecule has 0 bridgehead atoms. The number of rotatable bonds is 8. The maximum Gasteiger partial charge on any atom is 0.407 e. The van der Waals surface area contributed by atoms with E-state index < -0.39 is 11.7 Å². The molecule has 1 N–H and O–H groups in total. The summed E-state index contributed by atoms with van der Waals surface area (Å²) in [7, 11) is 1.62. The third-order valence-corrected chi connectivity index (χ3v) is 5.14. The molecular weight excluding hydrogens is 426 g/mol. The summed E-state index contributed by atoms with van der Waals surface area (Å²) in [5, 5.41) is 6.75. The lowest BCUT2D eigenvalue weighted by molar-refractivity contribution is -0.133. The Morgan fingerprint density at radius 2 is 1.82 bits per heavy atom. The van der Waals surface area contributed by atoms with E-state index in [0.717, 1.165) is 24.4 Å². The molecule has 3 rings (SSSR count). The summed E-state index contributed by atoms with van der Waals surface area (Å²) in [5.74, 6) is 1.96. The molecule has 33 heavy (non-hydrogen) atoms. The molecule has 2 heterocycles. The minimum atomic E-state index is -0.530. The molecule has 0 atom stereocenters. The summed E-state index contributed by atoms with van der Waals surface area (Å²) in [6, 6.07) is 7.49. The number of nitrogens with zero attached hydrogens (tertiary/aromatic N) is 4. The van der Waals surface area contributed by atoms with Gasteiger partial charge < -0.3 is 24.2 Å². The number of alkyl carbamates (subject to hydrolysis) is 1. The molecule has 2 amide bonds. The van der Waals surface area contributed by atoms with Gasteiger partial charge in [0, 0.05) is 44.7 Å². The van der Waals surface area contributed by atoms with E-state index in [1.54, 1.807) is 7.11 Å². The molecule has 10 heteroatoms. The van der Waals surface area contributed by atoms with Crippen molar-refractivity contribution < 1.29 is 23.6 Å². The molecule has 1 fully saturated rings. The molecule has 1 aromatic heterocycles. The van der Waals surface area contributed by atoms with Gasteiger partial charge in [-0.15, -0.1) is 0 Å². The number of amides is 2. The van der Waals surface area contributed by atoms with Crippen LogP contribution in [0, 0.1) is 0 Å². The highest BCUT2D eigenvalue weighted by Gasteiger charge is 2.23. The molecule has 180 valence electrons. The third kappa shape index (κ3) is 7.74. The van der Waals surface area contributed by atoms with Gasteiger partial charge in [-0.2, -0.15) is 4.98 Å². The highest BCUT2D eigenvalue weighted by molar-refractivity contribution is 5.76. The Balaban J connectivity index is 1.36. The van der Waals surface area contributed by atoms with Crippen LogP contribution >= 0.6 is 0 Å². The minimum Gasteiger partial charge on any atom is -0.497 e. The van der Waals surface area contributed by atoms with E-state index in [4.69, 9.17) is 14.0 Å². The van der Waals surface area contributed by atoms with E-state index in [9.17, 15) is 9.59 Å². The summed E-state index contributed by atoms with van der Waals surface area (Å²) < 4.78 is 15.8. The summed E-state index contributed by atoms with van der Waals surface area (Å²) in [6.07, 6.45) is 0.513. The Kier molecular flexibility index (Phi) is 8.26. The monoisotopic (exact) mass is 459 g/mol. The van der Waals surface area contributed by atoms with Gasteiger partial charge in [0.05, 0.1) is 13.7 Å². The van der Waals surface area contributed by atoms with Crippen molar-refractivity contribution >= 4 is 12.0 Å². The van der Waals surface area contributed by atoms with E-state index in [1.165, 1.54) is 0 Å². The van der Waals surface area contributed by atoms with Gasteiger partial charge in [0.1, 0.15) is 11.4 Å². The topological polar surface area (TPSA) is 110 Å². The Labute approximate surface area is 194 Å². The van der Waals surface area contributed by atoms with Crippen molar-refractivity contribution in [1.29, 1.82) is 0 Å². The molecule has 1 saturated heterocycles. The first-order chi connectivity index (χ1) is 15.7. The van der Waals surface area contributed by atoms with Gasteiger partial charge in [0.25, 0.3) is 0 Å². The van der Waals surface area contributed by atoms with Gasteiger partial charge in [-0.05, 0) is 51.5 Å². The molecule has 1 aliphatic rings. The second-order valence-electron chi connectivity index (χ2n) is 8.93. The fraction of sp³-hybridized carbons (Fsp3) is 0.565. The maximum atomic E-state index is 12.5. The molecule has 2 aromatic rings. The zero-order valence-electron chi connectivity index (χ0n) is 19.8. The number of methoxy groups -OCH3 is 1. The van der Waals surface area contributed by atoms with Crippen LogP contribution in [0.25, 0.3) is 11.4 Å². The standard InChI is InChI=1S/C23H33N5O5/c1-23(2,3)32-22(30)24-11-5-6-20(29)28-14-12-27(13-15-28)16-19-25-21(26-33-19)17-7-9-18(31-4)10-8-17/h7-10H,5-6,11-16H2,1-4H3,(H,24,30). The van der Waals surface area contributed by atoms with Crippen LogP contribution in [0.3, 0.4) is 0 Å². The largest absolute Gasteiger partial charge is 0.497 e. The quantitative estimate of drug-likeness (QED) is 0.600. The molecule has 0 radical (unpaired) electrons. The van der Waals surface area contributed by atoms with Crippen molar-refractivity contribution in [3.63, 3.8) is 0 Å². The lowest BCUT2D eigenvalue weighted by Crippen LogP contribution is -2.48. The predicted octanol–water partition coefficient (Wildman–Crippen LogP) is 2.69. The minimum absolute atomic E-state index is 0.0974. The average molecular weight is 460 g/mol. The number of piperazine rings is 1. The van der Waals surface area contributed by atoms with Gasteiger partial charge in [-0.25, -0.2) is 4.79 Å². The third-order valence-electron chi connectivity index (χ3n) is 5.14. The Bertz CT molecular complexity index is 914. The van der Waals surface area contributed by atoms with Gasteiger partial charge in [0.2, 0.25) is 17.6 Å². The highest BCUT2D eigenvalue weighted by Crippen LogP contribution is 2.20. The number of carbonyl (C=O) groups is 2. The van der Waals surface area contributed by atoms with Crippen LogP contribution in [0.2, 0.25) is 0 Å². The van der Waals surface area contributed by atoms with Gasteiger partial charge in [-0.1, -0.05) is 5.16 Å². The second kappa shape index (κ2) is 11.1. The van der Waals surface area contributed by atoms with E-state index in [-0.39, 0.29) is 5.91 Å². The highest BCUT2D eigenvalue weighted by atomic mass is 16.6. The van der Waals surface area contributed by atoms with E-state index in [2.05, 4.69) is 20.4 Å². The van der Waals surface area contributed by atoms with Gasteiger partial charge >= 0.3 is 6.09 Å². The van der Waals surface area contributed by atoms with Crippen molar-refractivity contribution in [3.05, 3.63) is 30.2 Å². The first-order valence-electron chi connectivity index (χ1n) is 11.2.